The van der Waals surface area contributed by atoms with Crippen LogP contribution in [0.3, 0.4) is 0 Å². The summed E-state index contributed by atoms with van der Waals surface area (Å²) in [4.78, 5) is 13.7. The van der Waals surface area contributed by atoms with Crippen LogP contribution in [0.15, 0.2) is 0 Å². The lowest BCUT2D eigenvalue weighted by molar-refractivity contribution is -0.130. The third-order valence-electron chi connectivity index (χ3n) is 3.82. The first kappa shape index (κ1) is 16.4. The highest BCUT2D eigenvalue weighted by molar-refractivity contribution is 7.88. The maximum atomic E-state index is 12.0. The van der Waals surface area contributed by atoms with Crippen LogP contribution in [0.25, 0.3) is 0 Å². The Balaban J connectivity index is 2.61. The van der Waals surface area contributed by atoms with E-state index in [1.807, 2.05) is 13.8 Å². The zero-order valence-electron chi connectivity index (χ0n) is 12.3. The zero-order chi connectivity index (χ0) is 14.5. The Hall–Kier alpha value is -0.620. The van der Waals surface area contributed by atoms with Gasteiger partial charge in [-0.05, 0) is 26.7 Å². The Labute approximate surface area is 117 Å². The van der Waals surface area contributed by atoms with Crippen LogP contribution in [0, 0.1) is 0 Å². The summed E-state index contributed by atoms with van der Waals surface area (Å²) in [5.74, 6) is 0.0386. The summed E-state index contributed by atoms with van der Waals surface area (Å²) < 4.78 is 25.2. The van der Waals surface area contributed by atoms with E-state index in [0.717, 1.165) is 25.7 Å². The smallest absolute Gasteiger partial charge is 0.223 e. The van der Waals surface area contributed by atoms with E-state index in [-0.39, 0.29) is 18.4 Å². The van der Waals surface area contributed by atoms with Gasteiger partial charge < -0.3 is 4.90 Å². The Morgan fingerprint density at radius 1 is 1.16 bits per heavy atom. The molecule has 1 rings (SSSR count). The van der Waals surface area contributed by atoms with E-state index in [4.69, 9.17) is 0 Å². The van der Waals surface area contributed by atoms with Gasteiger partial charge >= 0.3 is 0 Å². The lowest BCUT2D eigenvalue weighted by atomic mass is 10.2. The second-order valence-corrected chi connectivity index (χ2v) is 7.06. The third kappa shape index (κ3) is 4.76. The molecule has 6 heteroatoms. The molecule has 0 bridgehead atoms. The molecule has 0 aromatic rings. The average molecular weight is 290 g/mol. The van der Waals surface area contributed by atoms with E-state index in [0.29, 0.717) is 19.6 Å². The van der Waals surface area contributed by atoms with Crippen LogP contribution in [0.5, 0.6) is 0 Å². The number of nitrogens with zero attached hydrogens (tertiary/aromatic N) is 2. The van der Waals surface area contributed by atoms with E-state index < -0.39 is 10.0 Å². The molecule has 112 valence electrons. The van der Waals surface area contributed by atoms with Gasteiger partial charge in [-0.2, -0.15) is 4.31 Å². The molecule has 0 radical (unpaired) electrons. The SMILES string of the molecule is CCN(CC)C(=O)CCN(C1CCCC1)S(C)(=O)=O. The summed E-state index contributed by atoms with van der Waals surface area (Å²) in [6.07, 6.45) is 5.54. The van der Waals surface area contributed by atoms with E-state index in [1.54, 1.807) is 4.90 Å². The van der Waals surface area contributed by atoms with Crippen molar-refractivity contribution in [1.29, 1.82) is 0 Å². The van der Waals surface area contributed by atoms with Crippen molar-refractivity contribution in [2.75, 3.05) is 25.9 Å². The molecule has 0 aromatic carbocycles. The fourth-order valence-corrected chi connectivity index (χ4v) is 3.93. The third-order valence-corrected chi connectivity index (χ3v) is 5.15. The number of carbonyl (C=O) groups is 1. The van der Waals surface area contributed by atoms with Crippen molar-refractivity contribution in [2.45, 2.75) is 52.0 Å². The molecule has 0 unspecified atom stereocenters. The number of hydrogen-bond acceptors (Lipinski definition) is 3. The number of rotatable bonds is 7. The summed E-state index contributed by atoms with van der Waals surface area (Å²) in [5.41, 5.74) is 0. The van der Waals surface area contributed by atoms with Crippen LogP contribution < -0.4 is 0 Å². The van der Waals surface area contributed by atoms with Crippen molar-refractivity contribution < 1.29 is 13.2 Å². The molecule has 0 saturated heterocycles. The maximum absolute atomic E-state index is 12.0. The zero-order valence-corrected chi connectivity index (χ0v) is 13.1. The lowest BCUT2D eigenvalue weighted by Crippen LogP contribution is -2.41. The fourth-order valence-electron chi connectivity index (χ4n) is 2.75. The molecule has 1 aliphatic carbocycles. The Morgan fingerprint density at radius 3 is 2.11 bits per heavy atom. The van der Waals surface area contributed by atoms with E-state index >= 15 is 0 Å². The molecular weight excluding hydrogens is 264 g/mol. The van der Waals surface area contributed by atoms with Gasteiger partial charge in [0, 0.05) is 32.1 Å². The number of hydrogen-bond donors (Lipinski definition) is 0. The van der Waals surface area contributed by atoms with Gasteiger partial charge in [0.1, 0.15) is 0 Å². The molecule has 0 heterocycles. The molecule has 1 amide bonds. The molecule has 0 atom stereocenters. The van der Waals surface area contributed by atoms with E-state index in [2.05, 4.69) is 0 Å². The van der Waals surface area contributed by atoms with Gasteiger partial charge in [0.25, 0.3) is 0 Å². The van der Waals surface area contributed by atoms with Crippen LogP contribution in [-0.4, -0.2) is 55.5 Å². The summed E-state index contributed by atoms with van der Waals surface area (Å²) in [6, 6.07) is 0.0968. The van der Waals surface area contributed by atoms with E-state index in [1.165, 1.54) is 10.6 Å². The predicted octanol–water partition coefficient (Wildman–Crippen LogP) is 1.45. The van der Waals surface area contributed by atoms with Gasteiger partial charge in [-0.3, -0.25) is 4.79 Å². The highest BCUT2D eigenvalue weighted by atomic mass is 32.2. The van der Waals surface area contributed by atoms with Crippen LogP contribution in [0.4, 0.5) is 0 Å². The Kier molecular flexibility index (Phi) is 6.26. The summed E-state index contributed by atoms with van der Waals surface area (Å²) in [6.45, 7) is 5.55. The van der Waals surface area contributed by atoms with Crippen LogP contribution in [0.1, 0.15) is 46.0 Å². The molecule has 0 aromatic heterocycles. The van der Waals surface area contributed by atoms with Crippen molar-refractivity contribution in [3.63, 3.8) is 0 Å². The van der Waals surface area contributed by atoms with Crippen LogP contribution in [0.2, 0.25) is 0 Å². The first-order valence-electron chi connectivity index (χ1n) is 7.14. The van der Waals surface area contributed by atoms with Gasteiger partial charge in [0.05, 0.1) is 6.26 Å². The minimum atomic E-state index is -3.22. The molecule has 0 N–H and O–H groups in total. The Morgan fingerprint density at radius 2 is 1.68 bits per heavy atom. The lowest BCUT2D eigenvalue weighted by Gasteiger charge is -2.27. The number of carbonyl (C=O) groups excluding carboxylic acids is 1. The normalized spacial score (nSPS) is 17.1. The van der Waals surface area contributed by atoms with Crippen molar-refractivity contribution in [1.82, 2.24) is 9.21 Å². The minimum absolute atomic E-state index is 0.0386. The molecule has 0 spiro atoms. The first-order valence-corrected chi connectivity index (χ1v) is 8.99. The highest BCUT2D eigenvalue weighted by Gasteiger charge is 2.29. The standard InChI is InChI=1S/C13H26N2O3S/c1-4-14(5-2)13(16)10-11-15(19(3,17)18)12-8-6-7-9-12/h12H,4-11H2,1-3H3. The number of sulfonamides is 1. The second-order valence-electron chi connectivity index (χ2n) is 5.13. The van der Waals surface area contributed by atoms with Crippen LogP contribution >= 0.6 is 0 Å². The second kappa shape index (κ2) is 7.24. The largest absolute Gasteiger partial charge is 0.343 e. The Bertz CT molecular complexity index is 385. The quantitative estimate of drug-likeness (QED) is 0.713. The first-order chi connectivity index (χ1) is 8.90. The predicted molar refractivity (Wildman–Crippen MR) is 76.4 cm³/mol. The summed E-state index contributed by atoms with van der Waals surface area (Å²) in [5, 5.41) is 0. The molecule has 1 saturated carbocycles. The summed E-state index contributed by atoms with van der Waals surface area (Å²) in [7, 11) is -3.22. The molecule has 5 nitrogen and oxygen atoms in total. The van der Waals surface area contributed by atoms with Crippen molar-refractivity contribution in [3.8, 4) is 0 Å². The molecule has 19 heavy (non-hydrogen) atoms. The number of amides is 1. The highest BCUT2D eigenvalue weighted by Crippen LogP contribution is 2.25. The topological polar surface area (TPSA) is 57.7 Å². The summed E-state index contributed by atoms with van der Waals surface area (Å²) >= 11 is 0. The van der Waals surface area contributed by atoms with E-state index in [9.17, 15) is 13.2 Å². The van der Waals surface area contributed by atoms with Gasteiger partial charge in [-0.15, -0.1) is 0 Å². The maximum Gasteiger partial charge on any atom is 0.223 e. The van der Waals surface area contributed by atoms with Crippen molar-refractivity contribution in [2.24, 2.45) is 0 Å². The van der Waals surface area contributed by atoms with Crippen LogP contribution in [-0.2, 0) is 14.8 Å². The molecule has 1 fully saturated rings. The van der Waals surface area contributed by atoms with Gasteiger partial charge in [0.2, 0.25) is 15.9 Å². The monoisotopic (exact) mass is 290 g/mol. The van der Waals surface area contributed by atoms with Gasteiger partial charge in [-0.1, -0.05) is 12.8 Å². The molecular formula is C13H26N2O3S. The fraction of sp³-hybridized carbons (Fsp3) is 0.923. The van der Waals surface area contributed by atoms with Crippen molar-refractivity contribution >= 4 is 15.9 Å². The van der Waals surface area contributed by atoms with Crippen molar-refractivity contribution in [3.05, 3.63) is 0 Å². The average Bonchev–Trinajstić information content (AvgIpc) is 2.82. The molecule has 1 aliphatic rings. The minimum Gasteiger partial charge on any atom is -0.343 e. The van der Waals surface area contributed by atoms with Gasteiger partial charge in [-0.25, -0.2) is 8.42 Å². The molecule has 0 aliphatic heterocycles. The van der Waals surface area contributed by atoms with Gasteiger partial charge in [0.15, 0.2) is 0 Å².